The number of ether oxygens (including phenoxy) is 1. The Bertz CT molecular complexity index is 610. The number of benzene rings is 2. The lowest BCUT2D eigenvalue weighted by atomic mass is 10.0. The van der Waals surface area contributed by atoms with Crippen LogP contribution in [0.4, 0.5) is 0 Å². The van der Waals surface area contributed by atoms with Gasteiger partial charge in [-0.3, -0.25) is 0 Å². The van der Waals surface area contributed by atoms with Gasteiger partial charge < -0.3 is 15.6 Å². The second-order valence-corrected chi connectivity index (χ2v) is 4.66. The number of carboxylic acid groups (broad SMARTS) is 1. The summed E-state index contributed by atoms with van der Waals surface area (Å²) >= 11 is 0. The average molecular weight is 273 g/mol. The van der Waals surface area contributed by atoms with Crippen molar-refractivity contribution in [3.63, 3.8) is 0 Å². The summed E-state index contributed by atoms with van der Waals surface area (Å²) in [7, 11) is 0. The fourth-order valence-corrected chi connectivity index (χ4v) is 2.29. The van der Waals surface area contributed by atoms with E-state index in [4.69, 9.17) is 15.6 Å². The Balaban J connectivity index is 2.46. The molecule has 0 saturated heterocycles. The predicted octanol–water partition coefficient (Wildman–Crippen LogP) is 2.58. The highest BCUT2D eigenvalue weighted by Crippen LogP contribution is 2.29. The van der Waals surface area contributed by atoms with Crippen LogP contribution in [-0.2, 0) is 11.2 Å². The van der Waals surface area contributed by atoms with Gasteiger partial charge in [0.15, 0.2) is 6.10 Å². The normalized spacial score (nSPS) is 12.3. The van der Waals surface area contributed by atoms with Crippen LogP contribution in [0.2, 0.25) is 0 Å². The zero-order valence-corrected chi connectivity index (χ0v) is 11.5. The summed E-state index contributed by atoms with van der Waals surface area (Å²) in [6.07, 6.45) is 0.254. The first-order valence-electron chi connectivity index (χ1n) is 6.77. The maximum atomic E-state index is 11.1. The Labute approximate surface area is 118 Å². The minimum atomic E-state index is -0.945. The smallest absolute Gasteiger partial charge is 0.344 e. The zero-order chi connectivity index (χ0) is 14.5. The Morgan fingerprint density at radius 1 is 1.30 bits per heavy atom. The van der Waals surface area contributed by atoms with Crippen LogP contribution in [-0.4, -0.2) is 23.7 Å². The molecule has 0 amide bonds. The van der Waals surface area contributed by atoms with Crippen LogP contribution >= 0.6 is 0 Å². The highest BCUT2D eigenvalue weighted by molar-refractivity contribution is 5.88. The van der Waals surface area contributed by atoms with E-state index in [0.717, 1.165) is 16.3 Å². The molecule has 0 aliphatic carbocycles. The van der Waals surface area contributed by atoms with Gasteiger partial charge in [-0.15, -0.1) is 0 Å². The van der Waals surface area contributed by atoms with E-state index in [2.05, 4.69) is 0 Å². The first-order chi connectivity index (χ1) is 9.67. The SMILES string of the molecule is CCC(Oc1ccc2ccccc2c1CCN)C(=O)O. The molecule has 2 aromatic carbocycles. The number of fused-ring (bicyclic) bond motifs is 1. The van der Waals surface area contributed by atoms with Crippen molar-refractivity contribution < 1.29 is 14.6 Å². The van der Waals surface area contributed by atoms with Gasteiger partial charge in [0.05, 0.1) is 0 Å². The van der Waals surface area contributed by atoms with Crippen molar-refractivity contribution in [3.8, 4) is 5.75 Å². The van der Waals surface area contributed by atoms with Crippen LogP contribution in [0.1, 0.15) is 18.9 Å². The van der Waals surface area contributed by atoms with Crippen molar-refractivity contribution in [3.05, 3.63) is 42.0 Å². The van der Waals surface area contributed by atoms with E-state index in [9.17, 15) is 4.79 Å². The molecular formula is C16H19NO3. The van der Waals surface area contributed by atoms with Crippen molar-refractivity contribution in [1.82, 2.24) is 0 Å². The molecule has 0 spiro atoms. The first-order valence-corrected chi connectivity index (χ1v) is 6.77. The van der Waals surface area contributed by atoms with Gasteiger partial charge in [0.1, 0.15) is 5.75 Å². The van der Waals surface area contributed by atoms with Gasteiger partial charge in [0.2, 0.25) is 0 Å². The van der Waals surface area contributed by atoms with Crippen molar-refractivity contribution in [2.75, 3.05) is 6.54 Å². The standard InChI is InChI=1S/C16H19NO3/c1-2-14(16(18)19)20-15-8-7-11-5-3-4-6-12(11)13(15)9-10-17/h3-8,14H,2,9-10,17H2,1H3,(H,18,19). The predicted molar refractivity (Wildman–Crippen MR) is 79.0 cm³/mol. The summed E-state index contributed by atoms with van der Waals surface area (Å²) in [4.78, 5) is 11.1. The second-order valence-electron chi connectivity index (χ2n) is 4.66. The molecule has 1 unspecified atom stereocenters. The molecular weight excluding hydrogens is 254 g/mol. The molecule has 0 heterocycles. The molecule has 0 aliphatic heterocycles. The second kappa shape index (κ2) is 6.39. The van der Waals surface area contributed by atoms with E-state index in [1.54, 1.807) is 6.92 Å². The van der Waals surface area contributed by atoms with Crippen molar-refractivity contribution in [2.45, 2.75) is 25.9 Å². The average Bonchev–Trinajstić information content (AvgIpc) is 2.46. The first kappa shape index (κ1) is 14.3. The largest absolute Gasteiger partial charge is 0.479 e. The Kier molecular flexibility index (Phi) is 4.58. The van der Waals surface area contributed by atoms with Gasteiger partial charge in [0.25, 0.3) is 0 Å². The molecule has 0 bridgehead atoms. The molecule has 20 heavy (non-hydrogen) atoms. The third-order valence-corrected chi connectivity index (χ3v) is 3.31. The summed E-state index contributed by atoms with van der Waals surface area (Å²) in [6, 6.07) is 11.7. The molecule has 0 aliphatic rings. The van der Waals surface area contributed by atoms with E-state index in [1.165, 1.54) is 0 Å². The molecule has 106 valence electrons. The van der Waals surface area contributed by atoms with Crippen LogP contribution in [0.3, 0.4) is 0 Å². The molecule has 0 saturated carbocycles. The molecule has 3 N–H and O–H groups in total. The highest BCUT2D eigenvalue weighted by atomic mass is 16.5. The number of hydrogen-bond donors (Lipinski definition) is 2. The van der Waals surface area contributed by atoms with Crippen LogP contribution in [0.5, 0.6) is 5.75 Å². The fraction of sp³-hybridized carbons (Fsp3) is 0.312. The minimum Gasteiger partial charge on any atom is -0.479 e. The van der Waals surface area contributed by atoms with Gasteiger partial charge >= 0.3 is 5.97 Å². The molecule has 4 nitrogen and oxygen atoms in total. The quantitative estimate of drug-likeness (QED) is 0.848. The monoisotopic (exact) mass is 273 g/mol. The van der Waals surface area contributed by atoms with E-state index in [0.29, 0.717) is 25.1 Å². The molecule has 0 fully saturated rings. The third kappa shape index (κ3) is 2.91. The number of carboxylic acids is 1. The minimum absolute atomic E-state index is 0.421. The lowest BCUT2D eigenvalue weighted by molar-refractivity contribution is -0.145. The summed E-state index contributed by atoms with van der Waals surface area (Å²) < 4.78 is 5.66. The highest BCUT2D eigenvalue weighted by Gasteiger charge is 2.19. The van der Waals surface area contributed by atoms with Crippen LogP contribution in [0.15, 0.2) is 36.4 Å². The summed E-state index contributed by atoms with van der Waals surface area (Å²) in [5, 5.41) is 11.3. The van der Waals surface area contributed by atoms with Crippen molar-refractivity contribution in [2.24, 2.45) is 5.73 Å². The molecule has 0 radical (unpaired) electrons. The Morgan fingerprint density at radius 3 is 2.70 bits per heavy atom. The number of nitrogens with two attached hydrogens (primary N) is 1. The fourth-order valence-electron chi connectivity index (χ4n) is 2.29. The van der Waals surface area contributed by atoms with Crippen molar-refractivity contribution in [1.29, 1.82) is 0 Å². The Hall–Kier alpha value is -2.07. The van der Waals surface area contributed by atoms with Gasteiger partial charge in [-0.2, -0.15) is 0 Å². The Morgan fingerprint density at radius 2 is 2.05 bits per heavy atom. The van der Waals surface area contributed by atoms with E-state index < -0.39 is 12.1 Å². The number of carbonyl (C=O) groups is 1. The van der Waals surface area contributed by atoms with Crippen molar-refractivity contribution >= 4 is 16.7 Å². The van der Waals surface area contributed by atoms with Crippen LogP contribution in [0.25, 0.3) is 10.8 Å². The molecule has 4 heteroatoms. The lowest BCUT2D eigenvalue weighted by Gasteiger charge is -2.18. The number of aliphatic carboxylic acids is 1. The van der Waals surface area contributed by atoms with Gasteiger partial charge in [0, 0.05) is 5.56 Å². The zero-order valence-electron chi connectivity index (χ0n) is 11.5. The number of rotatable bonds is 6. The van der Waals surface area contributed by atoms with Crippen LogP contribution in [0, 0.1) is 0 Å². The van der Waals surface area contributed by atoms with Gasteiger partial charge in [-0.25, -0.2) is 4.79 Å². The van der Waals surface area contributed by atoms with E-state index in [-0.39, 0.29) is 0 Å². The van der Waals surface area contributed by atoms with Gasteiger partial charge in [-0.05, 0) is 36.2 Å². The molecule has 0 aromatic heterocycles. The molecule has 1 atom stereocenters. The summed E-state index contributed by atoms with van der Waals surface area (Å²) in [5.41, 5.74) is 6.65. The van der Waals surface area contributed by atoms with E-state index in [1.807, 2.05) is 36.4 Å². The summed E-state index contributed by atoms with van der Waals surface area (Å²) in [6.45, 7) is 2.29. The van der Waals surface area contributed by atoms with Gasteiger partial charge in [-0.1, -0.05) is 37.3 Å². The maximum Gasteiger partial charge on any atom is 0.344 e. The third-order valence-electron chi connectivity index (χ3n) is 3.31. The van der Waals surface area contributed by atoms with E-state index >= 15 is 0 Å². The topological polar surface area (TPSA) is 72.5 Å². The summed E-state index contributed by atoms with van der Waals surface area (Å²) in [5.74, 6) is -0.331. The van der Waals surface area contributed by atoms with Crippen LogP contribution < -0.4 is 10.5 Å². The lowest BCUT2D eigenvalue weighted by Crippen LogP contribution is -2.26. The molecule has 2 rings (SSSR count). The maximum absolute atomic E-state index is 11.1. The molecule has 2 aromatic rings. The number of hydrogen-bond acceptors (Lipinski definition) is 3.